The van der Waals surface area contributed by atoms with Crippen LogP contribution < -0.4 is 0 Å². The molecule has 0 aliphatic heterocycles. The van der Waals surface area contributed by atoms with Crippen molar-refractivity contribution in [3.8, 4) is 0 Å². The molecule has 84 valence electrons. The topological polar surface area (TPSA) is 37.3 Å². The molecule has 16 heavy (non-hydrogen) atoms. The zero-order chi connectivity index (χ0) is 11.7. The summed E-state index contributed by atoms with van der Waals surface area (Å²) in [5.41, 5.74) is 2.92. The summed E-state index contributed by atoms with van der Waals surface area (Å²) in [4.78, 5) is 11.3. The number of fused-ring (bicyclic) bond motifs is 1. The van der Waals surface area contributed by atoms with Gasteiger partial charge in [-0.15, -0.1) is 0 Å². The van der Waals surface area contributed by atoms with Gasteiger partial charge < -0.3 is 5.11 Å². The van der Waals surface area contributed by atoms with E-state index >= 15 is 0 Å². The molecule has 0 bridgehead atoms. The summed E-state index contributed by atoms with van der Waals surface area (Å²) in [6.07, 6.45) is 5.43. The van der Waals surface area contributed by atoms with E-state index in [4.69, 9.17) is 11.6 Å². The maximum absolute atomic E-state index is 11.3. The molecule has 0 unspecified atom stereocenters. The Morgan fingerprint density at radius 3 is 2.75 bits per heavy atom. The summed E-state index contributed by atoms with van der Waals surface area (Å²) in [5.74, 6) is -0.907. The lowest BCUT2D eigenvalue weighted by Crippen LogP contribution is -2.12. The van der Waals surface area contributed by atoms with E-state index in [1.807, 2.05) is 6.07 Å². The van der Waals surface area contributed by atoms with Crippen LogP contribution in [0.25, 0.3) is 6.08 Å². The Bertz CT molecular complexity index is 463. The molecule has 1 N–H and O–H groups in total. The number of benzene rings is 1. The molecule has 3 heteroatoms. The first-order chi connectivity index (χ1) is 7.65. The van der Waals surface area contributed by atoms with Gasteiger partial charge in [-0.1, -0.05) is 24.3 Å². The lowest BCUT2D eigenvalue weighted by Gasteiger charge is -2.20. The number of hydrogen-bond donors (Lipinski definition) is 1. The second-order valence-electron chi connectivity index (χ2n) is 4.00. The molecule has 1 aromatic carbocycles. The van der Waals surface area contributed by atoms with Gasteiger partial charge in [-0.05, 0) is 42.9 Å². The van der Waals surface area contributed by atoms with Crippen LogP contribution in [0.15, 0.2) is 12.6 Å². The standard InChI is InChI=1S/C13H13ClO2/c1-2-9-11(14)7-8-5-3-4-6-10(8)12(9)13(15)16/h2,7H,1,3-6H2,(H,15,16). The lowest BCUT2D eigenvalue weighted by atomic mass is 9.86. The molecule has 0 radical (unpaired) electrons. The van der Waals surface area contributed by atoms with Crippen LogP contribution in [0.4, 0.5) is 0 Å². The van der Waals surface area contributed by atoms with Gasteiger partial charge in [0, 0.05) is 10.6 Å². The maximum atomic E-state index is 11.3. The average molecular weight is 237 g/mol. The van der Waals surface area contributed by atoms with Crippen LogP contribution >= 0.6 is 11.6 Å². The summed E-state index contributed by atoms with van der Waals surface area (Å²) in [6.45, 7) is 3.64. The van der Waals surface area contributed by atoms with Crippen molar-refractivity contribution in [2.75, 3.05) is 0 Å². The third kappa shape index (κ3) is 1.74. The molecule has 1 aliphatic carbocycles. The summed E-state index contributed by atoms with van der Waals surface area (Å²) >= 11 is 6.08. The molecule has 0 atom stereocenters. The maximum Gasteiger partial charge on any atom is 0.336 e. The lowest BCUT2D eigenvalue weighted by molar-refractivity contribution is 0.0695. The highest BCUT2D eigenvalue weighted by atomic mass is 35.5. The third-order valence-corrected chi connectivity index (χ3v) is 3.37. The third-order valence-electron chi connectivity index (χ3n) is 3.06. The monoisotopic (exact) mass is 236 g/mol. The minimum atomic E-state index is -0.907. The number of rotatable bonds is 2. The van der Waals surface area contributed by atoms with Gasteiger partial charge in [0.1, 0.15) is 0 Å². The molecule has 1 aliphatic rings. The number of aromatic carboxylic acids is 1. The fourth-order valence-electron chi connectivity index (χ4n) is 2.33. The van der Waals surface area contributed by atoms with E-state index in [1.54, 1.807) is 0 Å². The van der Waals surface area contributed by atoms with E-state index in [2.05, 4.69) is 6.58 Å². The van der Waals surface area contributed by atoms with Crippen LogP contribution in [0.3, 0.4) is 0 Å². The Labute approximate surface area is 99.5 Å². The number of hydrogen-bond acceptors (Lipinski definition) is 1. The zero-order valence-electron chi connectivity index (χ0n) is 8.92. The number of aryl methyl sites for hydroxylation is 1. The van der Waals surface area contributed by atoms with E-state index in [1.165, 1.54) is 6.08 Å². The average Bonchev–Trinajstić information content (AvgIpc) is 2.26. The fraction of sp³-hybridized carbons (Fsp3) is 0.308. The van der Waals surface area contributed by atoms with Crippen LogP contribution in [-0.4, -0.2) is 11.1 Å². The Balaban J connectivity index is 2.73. The van der Waals surface area contributed by atoms with Gasteiger partial charge in [-0.2, -0.15) is 0 Å². The Morgan fingerprint density at radius 2 is 2.12 bits per heavy atom. The molecule has 0 aromatic heterocycles. The van der Waals surface area contributed by atoms with Gasteiger partial charge in [0.05, 0.1) is 5.56 Å². The minimum Gasteiger partial charge on any atom is -0.478 e. The highest BCUT2D eigenvalue weighted by Gasteiger charge is 2.22. The first-order valence-corrected chi connectivity index (χ1v) is 5.73. The number of carbonyl (C=O) groups is 1. The minimum absolute atomic E-state index is 0.345. The summed E-state index contributed by atoms with van der Waals surface area (Å²) in [7, 11) is 0. The molecule has 2 nitrogen and oxygen atoms in total. The largest absolute Gasteiger partial charge is 0.478 e. The van der Waals surface area contributed by atoms with E-state index in [-0.39, 0.29) is 0 Å². The number of halogens is 1. The number of carboxylic acids is 1. The Kier molecular flexibility index (Phi) is 3.01. The van der Waals surface area contributed by atoms with Crippen LogP contribution in [0.1, 0.15) is 39.9 Å². The normalized spacial score (nSPS) is 14.3. The van der Waals surface area contributed by atoms with Gasteiger partial charge in [0.25, 0.3) is 0 Å². The molecule has 0 heterocycles. The van der Waals surface area contributed by atoms with Gasteiger partial charge in [-0.3, -0.25) is 0 Å². The van der Waals surface area contributed by atoms with Crippen LogP contribution in [-0.2, 0) is 12.8 Å². The van der Waals surface area contributed by atoms with Gasteiger partial charge >= 0.3 is 5.97 Å². The highest BCUT2D eigenvalue weighted by molar-refractivity contribution is 6.32. The highest BCUT2D eigenvalue weighted by Crippen LogP contribution is 2.32. The van der Waals surface area contributed by atoms with Gasteiger partial charge in [-0.25, -0.2) is 4.79 Å². The molecule has 0 saturated heterocycles. The van der Waals surface area contributed by atoms with Crippen LogP contribution in [0, 0.1) is 0 Å². The molecule has 1 aromatic rings. The van der Waals surface area contributed by atoms with E-state index < -0.39 is 5.97 Å². The smallest absolute Gasteiger partial charge is 0.336 e. The number of carboxylic acid groups (broad SMARTS) is 1. The van der Waals surface area contributed by atoms with Crippen molar-refractivity contribution in [1.82, 2.24) is 0 Å². The van der Waals surface area contributed by atoms with Crippen molar-refractivity contribution in [2.45, 2.75) is 25.7 Å². The van der Waals surface area contributed by atoms with E-state index in [0.29, 0.717) is 16.1 Å². The van der Waals surface area contributed by atoms with Crippen molar-refractivity contribution in [2.24, 2.45) is 0 Å². The molecular weight excluding hydrogens is 224 g/mol. The molecule has 0 amide bonds. The van der Waals surface area contributed by atoms with E-state index in [9.17, 15) is 9.90 Å². The summed E-state index contributed by atoms with van der Waals surface area (Å²) in [5, 5.41) is 9.76. The van der Waals surface area contributed by atoms with Crippen LogP contribution in [0.2, 0.25) is 5.02 Å². The van der Waals surface area contributed by atoms with Gasteiger partial charge in [0.15, 0.2) is 0 Å². The van der Waals surface area contributed by atoms with Gasteiger partial charge in [0.2, 0.25) is 0 Å². The second-order valence-corrected chi connectivity index (χ2v) is 4.41. The van der Waals surface area contributed by atoms with Crippen molar-refractivity contribution in [3.05, 3.63) is 39.9 Å². The SMILES string of the molecule is C=Cc1c(Cl)cc2c(c1C(=O)O)CCCC2. The quantitative estimate of drug-likeness (QED) is 0.853. The van der Waals surface area contributed by atoms with Crippen molar-refractivity contribution < 1.29 is 9.90 Å². The predicted octanol–water partition coefficient (Wildman–Crippen LogP) is 3.56. The van der Waals surface area contributed by atoms with Crippen molar-refractivity contribution in [1.29, 1.82) is 0 Å². The predicted molar refractivity (Wildman–Crippen MR) is 65.1 cm³/mol. The first kappa shape index (κ1) is 11.2. The summed E-state index contributed by atoms with van der Waals surface area (Å²) in [6, 6.07) is 1.89. The molecular formula is C13H13ClO2. The van der Waals surface area contributed by atoms with E-state index in [0.717, 1.165) is 36.8 Å². The molecule has 0 fully saturated rings. The van der Waals surface area contributed by atoms with Crippen molar-refractivity contribution in [3.63, 3.8) is 0 Å². The summed E-state index contributed by atoms with van der Waals surface area (Å²) < 4.78 is 0. The molecule has 0 spiro atoms. The zero-order valence-corrected chi connectivity index (χ0v) is 9.68. The first-order valence-electron chi connectivity index (χ1n) is 5.35. The Morgan fingerprint density at radius 1 is 1.44 bits per heavy atom. The molecule has 2 rings (SSSR count). The van der Waals surface area contributed by atoms with Crippen LogP contribution in [0.5, 0.6) is 0 Å². The fourth-order valence-corrected chi connectivity index (χ4v) is 2.63. The second kappa shape index (κ2) is 4.30. The van der Waals surface area contributed by atoms with Crippen molar-refractivity contribution >= 4 is 23.6 Å². The Hall–Kier alpha value is -1.28. The molecule has 0 saturated carbocycles.